The average molecular weight is 602 g/mol. The second-order valence-corrected chi connectivity index (χ2v) is 9.09. The highest BCUT2D eigenvalue weighted by atomic mass is 19.2. The van der Waals surface area contributed by atoms with Crippen molar-refractivity contribution < 1.29 is 53.5 Å². The molecule has 0 aliphatic heterocycles. The Kier molecular flexibility index (Phi) is 6.95. The first-order valence-electron chi connectivity index (χ1n) is 12.3. The fourth-order valence-electron chi connectivity index (χ4n) is 4.58. The summed E-state index contributed by atoms with van der Waals surface area (Å²) in [5, 5.41) is -3.16. The lowest BCUT2D eigenvalue weighted by Crippen LogP contribution is -2.39. The lowest BCUT2D eigenvalue weighted by atomic mass is 10.1. The molecule has 0 fully saturated rings. The van der Waals surface area contributed by atoms with Gasteiger partial charge in [0, 0.05) is 32.3 Å². The molecule has 0 unspecified atom stereocenters. The van der Waals surface area contributed by atoms with E-state index in [1.165, 1.54) is 36.4 Å². The molecule has 0 bridgehead atoms. The van der Waals surface area contributed by atoms with Gasteiger partial charge in [-0.25, -0.2) is 26.3 Å². The normalized spacial score (nSPS) is 11.4. The van der Waals surface area contributed by atoms with Crippen molar-refractivity contribution in [2.75, 3.05) is 0 Å². The molecule has 3 nitrogen and oxygen atoms in total. The molecule has 0 radical (unpaired) electrons. The number of rotatable bonds is 6. The maximum Gasteiger partial charge on any atom is 0.864 e. The molecule has 0 saturated carbocycles. The van der Waals surface area contributed by atoms with Gasteiger partial charge in [0.1, 0.15) is 0 Å². The summed E-state index contributed by atoms with van der Waals surface area (Å²) in [4.78, 5) is 0. The van der Waals surface area contributed by atoms with Crippen LogP contribution in [0.15, 0.2) is 72.8 Å². The van der Waals surface area contributed by atoms with Gasteiger partial charge in [-0.3, -0.25) is 0 Å². The molecule has 216 valence electrons. The lowest BCUT2D eigenvalue weighted by molar-refractivity contribution is 0.265. The van der Waals surface area contributed by atoms with Crippen molar-refractivity contribution in [1.82, 2.24) is 0 Å². The lowest BCUT2D eigenvalue weighted by Gasteiger charge is -2.20. The van der Waals surface area contributed by atoms with Gasteiger partial charge in [0.25, 0.3) is 0 Å². The molecule has 0 saturated heterocycles. The fraction of sp³-hybridized carbons (Fsp3) is 0. The topological polar surface area (TPSA) is 27.7 Å². The molecule has 0 aliphatic carbocycles. The van der Waals surface area contributed by atoms with Gasteiger partial charge in [0.15, 0.2) is 52.2 Å². The van der Waals surface area contributed by atoms with Gasteiger partial charge in [0.05, 0.1) is 0 Å². The standard InChI is InChI=1S/C30H12BF9O3/c32-19-13-7-1-4-10-16(13)22(35)28(25(19)38)41-31(42-29-23(36)17-11-5-2-8-14(17)20(33)26(29)39)43-30-24(37)18-12-6-3-9-15(18)21(34)27(30)40/h1-12H. The molecule has 13 heteroatoms. The van der Waals surface area contributed by atoms with Crippen molar-refractivity contribution in [3.63, 3.8) is 0 Å². The molecule has 6 aromatic rings. The maximum atomic E-state index is 15.4. The van der Waals surface area contributed by atoms with Crippen molar-refractivity contribution in [1.29, 1.82) is 0 Å². The van der Waals surface area contributed by atoms with Crippen LogP contribution in [0.1, 0.15) is 0 Å². The Morgan fingerprint density at radius 3 is 0.744 bits per heavy atom. The first-order chi connectivity index (χ1) is 20.6. The van der Waals surface area contributed by atoms with Crippen molar-refractivity contribution in [3.8, 4) is 17.2 Å². The summed E-state index contributed by atoms with van der Waals surface area (Å²) >= 11 is 0. The van der Waals surface area contributed by atoms with E-state index in [-0.39, 0.29) is 0 Å². The predicted molar refractivity (Wildman–Crippen MR) is 139 cm³/mol. The zero-order valence-electron chi connectivity index (χ0n) is 21.1. The van der Waals surface area contributed by atoms with Crippen LogP contribution in [0.25, 0.3) is 32.3 Å². The third kappa shape index (κ3) is 4.51. The van der Waals surface area contributed by atoms with E-state index in [1.807, 2.05) is 0 Å². The number of benzene rings is 6. The molecule has 0 aromatic heterocycles. The van der Waals surface area contributed by atoms with Gasteiger partial charge in [-0.05, 0) is 0 Å². The Labute approximate surface area is 235 Å². The van der Waals surface area contributed by atoms with E-state index >= 15 is 26.3 Å². The van der Waals surface area contributed by atoms with E-state index in [0.29, 0.717) is 0 Å². The van der Waals surface area contributed by atoms with Crippen LogP contribution in [-0.2, 0) is 0 Å². The molecule has 0 spiro atoms. The Bertz CT molecular complexity index is 1850. The largest absolute Gasteiger partial charge is 0.864 e. The van der Waals surface area contributed by atoms with Crippen LogP contribution in [0.5, 0.6) is 17.2 Å². The van der Waals surface area contributed by atoms with E-state index in [2.05, 4.69) is 0 Å². The van der Waals surface area contributed by atoms with Gasteiger partial charge in [0.2, 0.25) is 17.5 Å². The first kappa shape index (κ1) is 28.1. The number of fused-ring (bicyclic) bond motifs is 3. The Balaban J connectivity index is 1.53. The Morgan fingerprint density at radius 1 is 0.302 bits per heavy atom. The fourth-order valence-corrected chi connectivity index (χ4v) is 4.58. The molecular weight excluding hydrogens is 590 g/mol. The number of hydrogen-bond donors (Lipinski definition) is 0. The molecular formula is C30H12BF9O3. The van der Waals surface area contributed by atoms with Gasteiger partial charge in [-0.1, -0.05) is 72.8 Å². The zero-order chi connectivity index (χ0) is 30.6. The van der Waals surface area contributed by atoms with E-state index in [9.17, 15) is 13.2 Å². The van der Waals surface area contributed by atoms with Crippen molar-refractivity contribution in [3.05, 3.63) is 125 Å². The van der Waals surface area contributed by atoms with E-state index in [1.54, 1.807) is 0 Å². The molecule has 0 atom stereocenters. The minimum atomic E-state index is -2.96. The van der Waals surface area contributed by atoms with E-state index in [0.717, 1.165) is 36.4 Å². The van der Waals surface area contributed by atoms with E-state index < -0.39 is 109 Å². The quantitative estimate of drug-likeness (QED) is 0.108. The second kappa shape index (κ2) is 10.6. The van der Waals surface area contributed by atoms with Gasteiger partial charge < -0.3 is 14.0 Å². The van der Waals surface area contributed by atoms with Crippen molar-refractivity contribution in [2.24, 2.45) is 0 Å². The van der Waals surface area contributed by atoms with Crippen LogP contribution in [0.3, 0.4) is 0 Å². The maximum absolute atomic E-state index is 15.4. The molecule has 0 heterocycles. The Morgan fingerprint density at radius 2 is 0.512 bits per heavy atom. The zero-order valence-corrected chi connectivity index (χ0v) is 21.1. The van der Waals surface area contributed by atoms with Crippen LogP contribution in [0.4, 0.5) is 39.5 Å². The van der Waals surface area contributed by atoms with Crippen molar-refractivity contribution >= 4 is 39.6 Å². The number of hydrogen-bond acceptors (Lipinski definition) is 3. The minimum Gasteiger partial charge on any atom is -0.484 e. The third-order valence-corrected chi connectivity index (χ3v) is 6.62. The highest BCUT2D eigenvalue weighted by Gasteiger charge is 2.40. The molecule has 43 heavy (non-hydrogen) atoms. The summed E-state index contributed by atoms with van der Waals surface area (Å²) in [7, 11) is -2.96. The summed E-state index contributed by atoms with van der Waals surface area (Å²) in [5.41, 5.74) is 0. The second-order valence-electron chi connectivity index (χ2n) is 9.09. The van der Waals surface area contributed by atoms with Crippen LogP contribution in [-0.4, -0.2) is 7.32 Å². The molecule has 6 rings (SSSR count). The minimum absolute atomic E-state index is 0.523. The van der Waals surface area contributed by atoms with Crippen LogP contribution < -0.4 is 14.0 Å². The van der Waals surface area contributed by atoms with Crippen LogP contribution >= 0.6 is 0 Å². The molecule has 0 amide bonds. The van der Waals surface area contributed by atoms with Gasteiger partial charge in [-0.15, -0.1) is 0 Å². The van der Waals surface area contributed by atoms with Crippen molar-refractivity contribution in [2.45, 2.75) is 0 Å². The summed E-state index contributed by atoms with van der Waals surface area (Å²) < 4.78 is 150. The predicted octanol–water partition coefficient (Wildman–Crippen LogP) is 8.92. The molecule has 0 aliphatic rings. The van der Waals surface area contributed by atoms with E-state index in [4.69, 9.17) is 14.0 Å². The first-order valence-corrected chi connectivity index (χ1v) is 12.3. The summed E-state index contributed by atoms with van der Waals surface area (Å²) in [6.45, 7) is 0. The monoisotopic (exact) mass is 602 g/mol. The molecule has 6 aromatic carbocycles. The Hall–Kier alpha value is -5.07. The number of halogens is 9. The highest BCUT2D eigenvalue weighted by molar-refractivity contribution is 6.39. The average Bonchev–Trinajstić information content (AvgIpc) is 3.03. The smallest absolute Gasteiger partial charge is 0.484 e. The summed E-state index contributed by atoms with van der Waals surface area (Å²) in [6.07, 6.45) is 0. The third-order valence-electron chi connectivity index (χ3n) is 6.62. The van der Waals surface area contributed by atoms with Crippen LogP contribution in [0, 0.1) is 52.4 Å². The highest BCUT2D eigenvalue weighted by Crippen LogP contribution is 2.38. The van der Waals surface area contributed by atoms with Gasteiger partial charge >= 0.3 is 7.32 Å². The van der Waals surface area contributed by atoms with Gasteiger partial charge in [-0.2, -0.15) is 13.2 Å². The SMILES string of the molecule is Fc1c(OB(Oc2c(F)c(F)c3ccccc3c2F)Oc2c(F)c(F)c3ccccc3c2F)c(F)c2ccccc2c1F. The summed E-state index contributed by atoms with van der Waals surface area (Å²) in [5.74, 6) is -20.3. The summed E-state index contributed by atoms with van der Waals surface area (Å²) in [6, 6.07) is 13.8. The van der Waals surface area contributed by atoms with Crippen LogP contribution in [0.2, 0.25) is 0 Å². The molecule has 0 N–H and O–H groups in total.